The molecule has 234 valence electrons. The minimum absolute atomic E-state index is 0.00419. The molecule has 0 bridgehead atoms. The molecule has 12 heteroatoms. The molecular formula is C33H33FN4O6S. The zero-order chi connectivity index (χ0) is 31.6. The number of nitrogens with one attached hydrogen (secondary N) is 1. The number of ether oxygens (including phenoxy) is 2. The normalized spacial score (nSPS) is 14.3. The predicted molar refractivity (Wildman–Crippen MR) is 164 cm³/mol. The lowest BCUT2D eigenvalue weighted by Crippen LogP contribution is -2.45. The van der Waals surface area contributed by atoms with Crippen LogP contribution in [0.1, 0.15) is 22.9 Å². The number of sulfonamides is 1. The second kappa shape index (κ2) is 14.9. The summed E-state index contributed by atoms with van der Waals surface area (Å²) in [6.07, 6.45) is 1.63. The molecule has 1 saturated heterocycles. The highest BCUT2D eigenvalue weighted by molar-refractivity contribution is 7.89. The second-order valence-electron chi connectivity index (χ2n) is 10.3. The monoisotopic (exact) mass is 632 g/mol. The number of hydrogen-bond donors (Lipinski definition) is 1. The molecule has 1 atom stereocenters. The van der Waals surface area contributed by atoms with Crippen molar-refractivity contribution in [3.63, 3.8) is 0 Å². The smallest absolute Gasteiger partial charge is 0.261 e. The number of nitrogens with zero attached hydrogens (tertiary/aromatic N) is 3. The van der Waals surface area contributed by atoms with Crippen LogP contribution < -0.4 is 10.1 Å². The summed E-state index contributed by atoms with van der Waals surface area (Å²) < 4.78 is 52.0. The molecule has 1 aliphatic rings. The Morgan fingerprint density at radius 2 is 1.62 bits per heavy atom. The molecule has 5 rings (SSSR count). The summed E-state index contributed by atoms with van der Waals surface area (Å²) in [4.78, 5) is 33.3. The topological polar surface area (TPSA) is 118 Å². The van der Waals surface area contributed by atoms with E-state index in [0.29, 0.717) is 30.0 Å². The highest BCUT2D eigenvalue weighted by atomic mass is 32.2. The van der Waals surface area contributed by atoms with Gasteiger partial charge in [0.25, 0.3) is 5.91 Å². The fourth-order valence-electron chi connectivity index (χ4n) is 4.87. The molecule has 10 nitrogen and oxygen atoms in total. The second-order valence-corrected chi connectivity index (χ2v) is 12.2. The standard InChI is InChI=1S/C33H33FN4O6S/c34-27-11-9-25(10-12-27)23-38(32(26-6-2-1-3-7-26)33(40)36-22-28-8-4-5-17-35-28)31(39)24-44-29-13-15-30(16-14-29)45(41,42)37-18-20-43-21-19-37/h1-17,32H,18-24H2,(H,36,40)/t32-/m0/s1. The van der Waals surface area contributed by atoms with Gasteiger partial charge in [-0.2, -0.15) is 4.31 Å². The van der Waals surface area contributed by atoms with E-state index in [1.165, 1.54) is 45.6 Å². The van der Waals surface area contributed by atoms with Gasteiger partial charge in [-0.1, -0.05) is 48.5 Å². The molecule has 0 spiro atoms. The van der Waals surface area contributed by atoms with Gasteiger partial charge in [0.15, 0.2) is 6.61 Å². The third-order valence-electron chi connectivity index (χ3n) is 7.23. The lowest BCUT2D eigenvalue weighted by Gasteiger charge is -2.31. The molecule has 1 aromatic heterocycles. The van der Waals surface area contributed by atoms with Crippen molar-refractivity contribution in [2.24, 2.45) is 0 Å². The van der Waals surface area contributed by atoms with Gasteiger partial charge in [0.05, 0.1) is 30.3 Å². The fraction of sp³-hybridized carbons (Fsp3) is 0.242. The average molecular weight is 633 g/mol. The Balaban J connectivity index is 1.36. The molecule has 0 saturated carbocycles. The summed E-state index contributed by atoms with van der Waals surface area (Å²) in [6.45, 7) is 0.930. The maximum absolute atomic E-state index is 13.8. The zero-order valence-corrected chi connectivity index (χ0v) is 25.2. The first-order chi connectivity index (χ1) is 21.8. The first-order valence-electron chi connectivity index (χ1n) is 14.4. The van der Waals surface area contributed by atoms with Crippen LogP contribution in [0.15, 0.2) is 108 Å². The first-order valence-corrected chi connectivity index (χ1v) is 15.8. The highest BCUT2D eigenvalue weighted by Gasteiger charge is 2.32. The number of hydrogen-bond acceptors (Lipinski definition) is 7. The Kier molecular flexibility index (Phi) is 10.5. The van der Waals surface area contributed by atoms with Crippen LogP contribution in [0.2, 0.25) is 0 Å². The first kappa shape index (κ1) is 31.8. The molecule has 2 amide bonds. The number of aromatic nitrogens is 1. The van der Waals surface area contributed by atoms with Crippen LogP contribution in [0.3, 0.4) is 0 Å². The van der Waals surface area contributed by atoms with E-state index in [-0.39, 0.29) is 36.8 Å². The summed E-state index contributed by atoms with van der Waals surface area (Å²) in [5, 5.41) is 2.88. The molecule has 1 fully saturated rings. The SMILES string of the molecule is O=C(NCc1ccccn1)[C@H](c1ccccc1)N(Cc1ccc(F)cc1)C(=O)COc1ccc(S(=O)(=O)N2CCOCC2)cc1. The summed E-state index contributed by atoms with van der Waals surface area (Å²) in [5.74, 6) is -1.08. The number of amides is 2. The summed E-state index contributed by atoms with van der Waals surface area (Å²) >= 11 is 0. The number of carbonyl (C=O) groups excluding carboxylic acids is 2. The number of pyridine rings is 1. The van der Waals surface area contributed by atoms with Crippen LogP contribution in [-0.2, 0) is 37.4 Å². The number of halogens is 1. The van der Waals surface area contributed by atoms with Crippen molar-refractivity contribution in [3.05, 3.63) is 126 Å². The average Bonchev–Trinajstić information content (AvgIpc) is 3.08. The lowest BCUT2D eigenvalue weighted by molar-refractivity contribution is -0.143. The Hall–Kier alpha value is -4.65. The molecular weight excluding hydrogens is 599 g/mol. The molecule has 0 unspecified atom stereocenters. The van der Waals surface area contributed by atoms with Crippen molar-refractivity contribution < 1.29 is 31.9 Å². The summed E-state index contributed by atoms with van der Waals surface area (Å²) in [7, 11) is -3.69. The zero-order valence-electron chi connectivity index (χ0n) is 24.4. The molecule has 0 radical (unpaired) electrons. The minimum atomic E-state index is -3.69. The minimum Gasteiger partial charge on any atom is -0.484 e. The van der Waals surface area contributed by atoms with E-state index >= 15 is 0 Å². The van der Waals surface area contributed by atoms with Crippen LogP contribution >= 0.6 is 0 Å². The van der Waals surface area contributed by atoms with E-state index in [0.717, 1.165) is 0 Å². The van der Waals surface area contributed by atoms with Gasteiger partial charge in [0.2, 0.25) is 15.9 Å². The molecule has 45 heavy (non-hydrogen) atoms. The fourth-order valence-corrected chi connectivity index (χ4v) is 6.28. The van der Waals surface area contributed by atoms with E-state index in [1.807, 2.05) is 12.1 Å². The van der Waals surface area contributed by atoms with Gasteiger partial charge in [0.1, 0.15) is 17.6 Å². The van der Waals surface area contributed by atoms with Crippen LogP contribution in [0.25, 0.3) is 0 Å². The van der Waals surface area contributed by atoms with E-state index < -0.39 is 40.3 Å². The van der Waals surface area contributed by atoms with E-state index in [1.54, 1.807) is 54.7 Å². The van der Waals surface area contributed by atoms with Crippen molar-refractivity contribution in [2.45, 2.75) is 24.0 Å². The highest BCUT2D eigenvalue weighted by Crippen LogP contribution is 2.25. The Labute approximate surface area is 261 Å². The van der Waals surface area contributed by atoms with Gasteiger partial charge >= 0.3 is 0 Å². The van der Waals surface area contributed by atoms with Crippen molar-refractivity contribution in [2.75, 3.05) is 32.9 Å². The van der Waals surface area contributed by atoms with Crippen LogP contribution in [0, 0.1) is 5.82 Å². The molecule has 4 aromatic rings. The number of carbonyl (C=O) groups is 2. The number of morpholine rings is 1. The Morgan fingerprint density at radius 1 is 0.933 bits per heavy atom. The maximum Gasteiger partial charge on any atom is 0.261 e. The van der Waals surface area contributed by atoms with Gasteiger partial charge in [-0.3, -0.25) is 14.6 Å². The third kappa shape index (κ3) is 8.29. The van der Waals surface area contributed by atoms with Crippen molar-refractivity contribution in [1.82, 2.24) is 19.5 Å². The van der Waals surface area contributed by atoms with Crippen molar-refractivity contribution in [1.29, 1.82) is 0 Å². The molecule has 0 aliphatic carbocycles. The molecule has 1 aliphatic heterocycles. The van der Waals surface area contributed by atoms with Gasteiger partial charge < -0.3 is 19.7 Å². The molecule has 2 heterocycles. The summed E-state index contributed by atoms with van der Waals surface area (Å²) in [5.41, 5.74) is 1.83. The van der Waals surface area contributed by atoms with Crippen molar-refractivity contribution >= 4 is 21.8 Å². The third-order valence-corrected chi connectivity index (χ3v) is 9.14. The van der Waals surface area contributed by atoms with Crippen LogP contribution in [0.5, 0.6) is 5.75 Å². The quantitative estimate of drug-likeness (QED) is 0.253. The van der Waals surface area contributed by atoms with Crippen molar-refractivity contribution in [3.8, 4) is 5.75 Å². The van der Waals surface area contributed by atoms with Gasteiger partial charge in [-0.15, -0.1) is 0 Å². The van der Waals surface area contributed by atoms with Gasteiger partial charge in [-0.05, 0) is 59.7 Å². The Bertz CT molecular complexity index is 1670. The van der Waals surface area contributed by atoms with Crippen LogP contribution in [-0.4, -0.2) is 67.3 Å². The lowest BCUT2D eigenvalue weighted by atomic mass is 10.0. The molecule has 1 N–H and O–H groups in total. The van der Waals surface area contributed by atoms with Crippen LogP contribution in [0.4, 0.5) is 4.39 Å². The largest absolute Gasteiger partial charge is 0.484 e. The Morgan fingerprint density at radius 3 is 2.29 bits per heavy atom. The van der Waals surface area contributed by atoms with E-state index in [4.69, 9.17) is 9.47 Å². The maximum atomic E-state index is 13.8. The molecule has 3 aromatic carbocycles. The van der Waals surface area contributed by atoms with Gasteiger partial charge in [0, 0.05) is 25.8 Å². The van der Waals surface area contributed by atoms with Gasteiger partial charge in [-0.25, -0.2) is 12.8 Å². The number of benzene rings is 3. The predicted octanol–water partition coefficient (Wildman–Crippen LogP) is 3.71. The summed E-state index contributed by atoms with van der Waals surface area (Å²) in [6, 6.07) is 24.7. The number of rotatable bonds is 12. The van der Waals surface area contributed by atoms with E-state index in [9.17, 15) is 22.4 Å². The van der Waals surface area contributed by atoms with E-state index in [2.05, 4.69) is 10.3 Å².